The molecule has 1 N–H and O–H groups in total. The molecule has 28 heavy (non-hydrogen) atoms. The zero-order chi connectivity index (χ0) is 19.7. The van der Waals surface area contributed by atoms with Gasteiger partial charge in [-0.25, -0.2) is 0 Å². The SMILES string of the molecule is Cc1ccc(Nc2nnc(S[C@H](C)C(=O)c3ccc4c(c3)CCC4)s2)cc1C. The Morgan fingerprint density at radius 2 is 1.89 bits per heavy atom. The van der Waals surface area contributed by atoms with E-state index in [1.807, 2.05) is 19.1 Å². The molecule has 1 aliphatic carbocycles. The van der Waals surface area contributed by atoms with Gasteiger partial charge in [0.1, 0.15) is 0 Å². The number of rotatable bonds is 6. The highest BCUT2D eigenvalue weighted by Gasteiger charge is 2.21. The van der Waals surface area contributed by atoms with Crippen molar-refractivity contribution in [3.63, 3.8) is 0 Å². The molecular weight excluding hydrogens is 386 g/mol. The lowest BCUT2D eigenvalue weighted by Crippen LogP contribution is -2.13. The van der Waals surface area contributed by atoms with Crippen molar-refractivity contribution in [2.24, 2.45) is 0 Å². The van der Waals surface area contributed by atoms with E-state index < -0.39 is 0 Å². The Labute approximate surface area is 173 Å². The molecule has 0 radical (unpaired) electrons. The van der Waals surface area contributed by atoms with Crippen LogP contribution in [-0.2, 0) is 12.8 Å². The van der Waals surface area contributed by atoms with Gasteiger partial charge in [-0.15, -0.1) is 10.2 Å². The molecule has 1 aromatic heterocycles. The largest absolute Gasteiger partial charge is 0.330 e. The summed E-state index contributed by atoms with van der Waals surface area (Å²) in [5.74, 6) is 0.151. The van der Waals surface area contributed by atoms with E-state index in [-0.39, 0.29) is 11.0 Å². The number of Topliss-reactive ketones (excluding diaryl/α,β-unsaturated/α-hetero) is 1. The van der Waals surface area contributed by atoms with Crippen LogP contribution in [0.15, 0.2) is 40.7 Å². The first kappa shape index (κ1) is 19.2. The highest BCUT2D eigenvalue weighted by Crippen LogP contribution is 2.32. The third kappa shape index (κ3) is 4.13. The predicted molar refractivity (Wildman–Crippen MR) is 117 cm³/mol. The molecule has 0 aliphatic heterocycles. The molecule has 0 saturated carbocycles. The molecule has 4 nitrogen and oxygen atoms in total. The van der Waals surface area contributed by atoms with Crippen LogP contribution < -0.4 is 5.32 Å². The van der Waals surface area contributed by atoms with Crippen molar-refractivity contribution in [3.8, 4) is 0 Å². The summed E-state index contributed by atoms with van der Waals surface area (Å²) in [5, 5.41) is 12.3. The van der Waals surface area contributed by atoms with Crippen LogP contribution in [0.4, 0.5) is 10.8 Å². The third-order valence-corrected chi connectivity index (χ3v) is 7.22. The van der Waals surface area contributed by atoms with E-state index >= 15 is 0 Å². The quantitative estimate of drug-likeness (QED) is 0.415. The van der Waals surface area contributed by atoms with Gasteiger partial charge in [0.2, 0.25) is 5.13 Å². The molecule has 0 spiro atoms. The van der Waals surface area contributed by atoms with E-state index in [2.05, 4.69) is 53.6 Å². The van der Waals surface area contributed by atoms with Gasteiger partial charge in [-0.05, 0) is 80.5 Å². The number of anilines is 2. The minimum absolute atomic E-state index is 0.151. The van der Waals surface area contributed by atoms with E-state index in [1.54, 1.807) is 0 Å². The monoisotopic (exact) mass is 409 g/mol. The van der Waals surface area contributed by atoms with Gasteiger partial charge >= 0.3 is 0 Å². The molecule has 144 valence electrons. The standard InChI is InChI=1S/C22H23N3OS2/c1-13-7-10-19(11-14(13)2)23-21-24-25-22(28-21)27-15(3)20(26)18-9-8-16-5-4-6-17(16)12-18/h7-12,15H,4-6H2,1-3H3,(H,23,24)/t15-/m1/s1. The smallest absolute Gasteiger partial charge is 0.210 e. The molecule has 1 heterocycles. The van der Waals surface area contributed by atoms with E-state index in [1.165, 1.54) is 51.8 Å². The number of carbonyl (C=O) groups is 1. The summed E-state index contributed by atoms with van der Waals surface area (Å²) >= 11 is 2.95. The molecule has 2 aromatic carbocycles. The zero-order valence-electron chi connectivity index (χ0n) is 16.3. The van der Waals surface area contributed by atoms with Crippen molar-refractivity contribution in [1.82, 2.24) is 10.2 Å². The second-order valence-electron chi connectivity index (χ2n) is 7.26. The maximum atomic E-state index is 12.8. The van der Waals surface area contributed by atoms with Crippen LogP contribution in [0.5, 0.6) is 0 Å². The average molecular weight is 410 g/mol. The van der Waals surface area contributed by atoms with E-state index in [0.29, 0.717) is 0 Å². The Hall–Kier alpha value is -2.18. The Kier molecular flexibility index (Phi) is 5.51. The molecule has 0 bridgehead atoms. The highest BCUT2D eigenvalue weighted by molar-refractivity contribution is 8.02. The van der Waals surface area contributed by atoms with Gasteiger partial charge in [0.05, 0.1) is 5.25 Å². The summed E-state index contributed by atoms with van der Waals surface area (Å²) in [6.45, 7) is 6.13. The van der Waals surface area contributed by atoms with Gasteiger partial charge in [-0.2, -0.15) is 0 Å². The number of fused-ring (bicyclic) bond motifs is 1. The van der Waals surface area contributed by atoms with Crippen molar-refractivity contribution in [1.29, 1.82) is 0 Å². The zero-order valence-corrected chi connectivity index (χ0v) is 17.9. The molecule has 3 aromatic rings. The first-order valence-electron chi connectivity index (χ1n) is 9.50. The molecule has 0 amide bonds. The molecule has 1 atom stereocenters. The Morgan fingerprint density at radius 3 is 2.71 bits per heavy atom. The van der Waals surface area contributed by atoms with Gasteiger partial charge < -0.3 is 5.32 Å². The van der Waals surface area contributed by atoms with Crippen molar-refractivity contribution < 1.29 is 4.79 Å². The van der Waals surface area contributed by atoms with Crippen LogP contribution in [0.3, 0.4) is 0 Å². The van der Waals surface area contributed by atoms with E-state index in [0.717, 1.165) is 33.6 Å². The van der Waals surface area contributed by atoms with Crippen LogP contribution in [0.1, 0.15) is 46.0 Å². The lowest BCUT2D eigenvalue weighted by molar-refractivity contribution is 0.0994. The number of ketones is 1. The lowest BCUT2D eigenvalue weighted by Gasteiger charge is -2.09. The molecule has 4 rings (SSSR count). The predicted octanol–water partition coefficient (Wildman–Crippen LogP) is 5.75. The fourth-order valence-electron chi connectivity index (χ4n) is 3.42. The summed E-state index contributed by atoms with van der Waals surface area (Å²) in [7, 11) is 0. The lowest BCUT2D eigenvalue weighted by atomic mass is 10.0. The maximum absolute atomic E-state index is 12.8. The van der Waals surface area contributed by atoms with Crippen molar-refractivity contribution in [2.45, 2.75) is 49.6 Å². The van der Waals surface area contributed by atoms with Crippen molar-refractivity contribution >= 4 is 39.7 Å². The van der Waals surface area contributed by atoms with Crippen LogP contribution >= 0.6 is 23.1 Å². The molecule has 0 saturated heterocycles. The van der Waals surface area contributed by atoms with E-state index in [9.17, 15) is 4.79 Å². The average Bonchev–Trinajstić information content (AvgIpc) is 3.32. The van der Waals surface area contributed by atoms with Gasteiger partial charge in [-0.3, -0.25) is 4.79 Å². The van der Waals surface area contributed by atoms with Crippen molar-refractivity contribution in [2.75, 3.05) is 5.32 Å². The summed E-state index contributed by atoms with van der Waals surface area (Å²) in [4.78, 5) is 12.8. The van der Waals surface area contributed by atoms with Gasteiger partial charge in [0.25, 0.3) is 0 Å². The second-order valence-corrected chi connectivity index (χ2v) is 9.82. The first-order chi connectivity index (χ1) is 13.5. The van der Waals surface area contributed by atoms with E-state index in [4.69, 9.17) is 0 Å². The number of hydrogen-bond donors (Lipinski definition) is 1. The Balaban J connectivity index is 1.41. The van der Waals surface area contributed by atoms with Gasteiger partial charge in [0, 0.05) is 11.3 Å². The summed E-state index contributed by atoms with van der Waals surface area (Å²) in [5.41, 5.74) is 7.02. The number of carbonyl (C=O) groups excluding carboxylic acids is 1. The normalized spacial score (nSPS) is 14.0. The number of aromatic nitrogens is 2. The summed E-state index contributed by atoms with van der Waals surface area (Å²) in [6.07, 6.45) is 3.41. The topological polar surface area (TPSA) is 54.9 Å². The van der Waals surface area contributed by atoms with Crippen LogP contribution in [0, 0.1) is 13.8 Å². The van der Waals surface area contributed by atoms with Crippen molar-refractivity contribution in [3.05, 3.63) is 64.2 Å². The highest BCUT2D eigenvalue weighted by atomic mass is 32.2. The molecule has 0 unspecified atom stereocenters. The van der Waals surface area contributed by atoms with Crippen LogP contribution in [0.2, 0.25) is 0 Å². The Morgan fingerprint density at radius 1 is 1.07 bits per heavy atom. The minimum Gasteiger partial charge on any atom is -0.330 e. The second kappa shape index (κ2) is 8.05. The minimum atomic E-state index is -0.193. The molecule has 1 aliphatic rings. The fourth-order valence-corrected chi connectivity index (χ4v) is 5.41. The summed E-state index contributed by atoms with van der Waals surface area (Å²) < 4.78 is 0.799. The summed E-state index contributed by atoms with van der Waals surface area (Å²) in [6, 6.07) is 12.4. The first-order valence-corrected chi connectivity index (χ1v) is 11.2. The molecule has 6 heteroatoms. The van der Waals surface area contributed by atoms with Gasteiger partial charge in [-0.1, -0.05) is 41.3 Å². The number of aryl methyl sites for hydroxylation is 4. The number of nitrogens with one attached hydrogen (secondary N) is 1. The number of benzene rings is 2. The molecule has 0 fully saturated rings. The number of thioether (sulfide) groups is 1. The van der Waals surface area contributed by atoms with Gasteiger partial charge in [0.15, 0.2) is 10.1 Å². The fraction of sp³-hybridized carbons (Fsp3) is 0.318. The molecular formula is C22H23N3OS2. The number of nitrogens with zero attached hydrogens (tertiary/aromatic N) is 2. The Bertz CT molecular complexity index is 1030. The third-order valence-electron chi connectivity index (χ3n) is 5.19. The van der Waals surface area contributed by atoms with Crippen LogP contribution in [-0.4, -0.2) is 21.2 Å². The maximum Gasteiger partial charge on any atom is 0.210 e. The van der Waals surface area contributed by atoms with Crippen LogP contribution in [0.25, 0.3) is 0 Å². The number of hydrogen-bond acceptors (Lipinski definition) is 6.